The third-order valence-corrected chi connectivity index (χ3v) is 5.67. The summed E-state index contributed by atoms with van der Waals surface area (Å²) in [6, 6.07) is 18.5. The van der Waals surface area contributed by atoms with Crippen molar-refractivity contribution in [1.82, 2.24) is 19.6 Å². The highest BCUT2D eigenvalue weighted by atomic mass is 79.9. The maximum absolute atomic E-state index is 13.0. The highest BCUT2D eigenvalue weighted by Gasteiger charge is 2.28. The van der Waals surface area contributed by atoms with Crippen LogP contribution in [0.2, 0.25) is 0 Å². The average Bonchev–Trinajstić information content (AvgIpc) is 3.19. The molecule has 1 aliphatic rings. The van der Waals surface area contributed by atoms with Gasteiger partial charge in [0.05, 0.1) is 17.4 Å². The van der Waals surface area contributed by atoms with Crippen molar-refractivity contribution in [2.45, 2.75) is 19.5 Å². The molecule has 0 radical (unpaired) electrons. The average molecular weight is 439 g/mol. The summed E-state index contributed by atoms with van der Waals surface area (Å²) in [6.45, 7) is 5.53. The second-order valence-corrected chi connectivity index (χ2v) is 8.13. The van der Waals surface area contributed by atoms with Crippen LogP contribution >= 0.6 is 15.9 Å². The van der Waals surface area contributed by atoms with E-state index in [1.807, 2.05) is 41.4 Å². The first-order chi connectivity index (χ1) is 13.6. The van der Waals surface area contributed by atoms with Crippen LogP contribution in [0, 0.1) is 0 Å². The number of amides is 1. The fourth-order valence-electron chi connectivity index (χ4n) is 3.65. The van der Waals surface area contributed by atoms with Crippen LogP contribution in [-0.2, 0) is 6.54 Å². The van der Waals surface area contributed by atoms with Crippen LogP contribution in [0.1, 0.15) is 22.8 Å². The number of aromatic nitrogens is 2. The number of halogens is 1. The van der Waals surface area contributed by atoms with Gasteiger partial charge in [-0.25, -0.2) is 4.68 Å². The highest BCUT2D eigenvalue weighted by Crippen LogP contribution is 2.18. The van der Waals surface area contributed by atoms with Crippen LogP contribution in [0.5, 0.6) is 0 Å². The topological polar surface area (TPSA) is 41.4 Å². The number of hydrogen-bond donors (Lipinski definition) is 0. The second-order valence-electron chi connectivity index (χ2n) is 7.22. The zero-order valence-electron chi connectivity index (χ0n) is 15.8. The Bertz CT molecular complexity index is 939. The quantitative estimate of drug-likeness (QED) is 0.618. The van der Waals surface area contributed by atoms with Gasteiger partial charge < -0.3 is 4.90 Å². The fraction of sp³-hybridized carbons (Fsp3) is 0.273. The van der Waals surface area contributed by atoms with Crippen molar-refractivity contribution < 1.29 is 4.79 Å². The molecule has 1 saturated heterocycles. The van der Waals surface area contributed by atoms with E-state index in [9.17, 15) is 4.79 Å². The molecule has 1 unspecified atom stereocenters. The largest absolute Gasteiger partial charge is 0.333 e. The van der Waals surface area contributed by atoms with Gasteiger partial charge in [-0.15, -0.1) is 0 Å². The summed E-state index contributed by atoms with van der Waals surface area (Å²) in [6.07, 6.45) is 3.47. The van der Waals surface area contributed by atoms with Crippen molar-refractivity contribution in [1.29, 1.82) is 0 Å². The molecular formula is C22H23BrN4O. The number of carbonyl (C=O) groups is 1. The smallest absolute Gasteiger partial charge is 0.257 e. The zero-order chi connectivity index (χ0) is 19.5. The van der Waals surface area contributed by atoms with Gasteiger partial charge in [0, 0.05) is 42.9 Å². The number of carbonyl (C=O) groups excluding carboxylic acids is 1. The Kier molecular flexibility index (Phi) is 5.59. The van der Waals surface area contributed by atoms with Crippen LogP contribution in [-0.4, -0.2) is 51.2 Å². The van der Waals surface area contributed by atoms with Crippen molar-refractivity contribution in [2.24, 2.45) is 0 Å². The zero-order valence-corrected chi connectivity index (χ0v) is 17.4. The van der Waals surface area contributed by atoms with E-state index in [4.69, 9.17) is 0 Å². The van der Waals surface area contributed by atoms with Crippen LogP contribution in [0.4, 0.5) is 0 Å². The third kappa shape index (κ3) is 4.18. The molecule has 1 aliphatic heterocycles. The van der Waals surface area contributed by atoms with Crippen molar-refractivity contribution in [3.05, 3.63) is 82.6 Å². The van der Waals surface area contributed by atoms with Gasteiger partial charge in [-0.3, -0.25) is 9.69 Å². The minimum absolute atomic E-state index is 0.0511. The Balaban J connectivity index is 1.41. The predicted molar refractivity (Wildman–Crippen MR) is 113 cm³/mol. The van der Waals surface area contributed by atoms with E-state index in [2.05, 4.69) is 57.1 Å². The molecule has 0 saturated carbocycles. The maximum atomic E-state index is 13.0. The van der Waals surface area contributed by atoms with Gasteiger partial charge in [-0.1, -0.05) is 46.3 Å². The van der Waals surface area contributed by atoms with Gasteiger partial charge in [-0.2, -0.15) is 5.10 Å². The lowest BCUT2D eigenvalue weighted by atomic mass is 10.1. The maximum Gasteiger partial charge on any atom is 0.257 e. The van der Waals surface area contributed by atoms with Crippen LogP contribution in [0.3, 0.4) is 0 Å². The second kappa shape index (κ2) is 8.29. The summed E-state index contributed by atoms with van der Waals surface area (Å²) in [4.78, 5) is 17.4. The predicted octanol–water partition coefficient (Wildman–Crippen LogP) is 3.98. The van der Waals surface area contributed by atoms with E-state index in [1.165, 1.54) is 5.56 Å². The highest BCUT2D eigenvalue weighted by molar-refractivity contribution is 9.10. The molecule has 1 amide bonds. The minimum atomic E-state index is 0.0511. The van der Waals surface area contributed by atoms with Crippen LogP contribution in [0.15, 0.2) is 71.5 Å². The van der Waals surface area contributed by atoms with E-state index in [0.717, 1.165) is 36.3 Å². The lowest BCUT2D eigenvalue weighted by Gasteiger charge is -2.39. The summed E-state index contributed by atoms with van der Waals surface area (Å²) in [5.74, 6) is 0.0511. The molecule has 5 nitrogen and oxygen atoms in total. The lowest BCUT2D eigenvalue weighted by molar-refractivity contribution is 0.0475. The van der Waals surface area contributed by atoms with Crippen molar-refractivity contribution in [3.63, 3.8) is 0 Å². The molecule has 0 N–H and O–H groups in total. The molecule has 144 valence electrons. The number of hydrogen-bond acceptors (Lipinski definition) is 3. The molecule has 6 heteroatoms. The van der Waals surface area contributed by atoms with E-state index in [-0.39, 0.29) is 11.9 Å². The third-order valence-electron chi connectivity index (χ3n) is 5.14. The first-order valence-electron chi connectivity index (χ1n) is 9.48. The van der Waals surface area contributed by atoms with Crippen LogP contribution in [0.25, 0.3) is 5.69 Å². The summed E-state index contributed by atoms with van der Waals surface area (Å²) in [5.41, 5.74) is 2.87. The molecule has 1 fully saturated rings. The Morgan fingerprint density at radius 1 is 1.11 bits per heavy atom. The van der Waals surface area contributed by atoms with Gasteiger partial charge in [0.25, 0.3) is 5.91 Å². The van der Waals surface area contributed by atoms with E-state index < -0.39 is 0 Å². The number of benzene rings is 2. The summed E-state index contributed by atoms with van der Waals surface area (Å²) in [7, 11) is 0. The Morgan fingerprint density at radius 3 is 2.57 bits per heavy atom. The molecule has 4 rings (SSSR count). The monoisotopic (exact) mass is 438 g/mol. The van der Waals surface area contributed by atoms with E-state index in [1.54, 1.807) is 10.9 Å². The van der Waals surface area contributed by atoms with Gasteiger partial charge in [0.2, 0.25) is 0 Å². The normalized spacial score (nSPS) is 17.6. The molecule has 3 aromatic rings. The molecule has 28 heavy (non-hydrogen) atoms. The molecule has 0 spiro atoms. The van der Waals surface area contributed by atoms with E-state index >= 15 is 0 Å². The number of piperazine rings is 1. The standard InChI is InChI=1S/C22H23BrN4O/c1-17-14-25(15-18-5-3-2-4-6-18)11-12-26(17)22(28)19-13-24-27(16-19)21-9-7-20(23)8-10-21/h2-10,13,16-17H,11-12,14-15H2,1H3. The number of rotatable bonds is 4. The summed E-state index contributed by atoms with van der Waals surface area (Å²) < 4.78 is 2.76. The summed E-state index contributed by atoms with van der Waals surface area (Å²) in [5, 5.41) is 4.37. The first kappa shape index (κ1) is 18.9. The van der Waals surface area contributed by atoms with Crippen LogP contribution < -0.4 is 0 Å². The molecule has 2 aromatic carbocycles. The molecule has 0 bridgehead atoms. The molecular weight excluding hydrogens is 416 g/mol. The minimum Gasteiger partial charge on any atom is -0.333 e. The Hall–Kier alpha value is -2.44. The summed E-state index contributed by atoms with van der Waals surface area (Å²) >= 11 is 3.44. The molecule has 2 heterocycles. The van der Waals surface area contributed by atoms with Crippen molar-refractivity contribution in [3.8, 4) is 5.69 Å². The van der Waals surface area contributed by atoms with Gasteiger partial charge in [0.15, 0.2) is 0 Å². The lowest BCUT2D eigenvalue weighted by Crippen LogP contribution is -2.53. The van der Waals surface area contributed by atoms with E-state index in [0.29, 0.717) is 5.56 Å². The Labute approximate surface area is 173 Å². The van der Waals surface area contributed by atoms with Gasteiger partial charge in [-0.05, 0) is 36.8 Å². The SMILES string of the molecule is CC1CN(Cc2ccccc2)CCN1C(=O)c1cnn(-c2ccc(Br)cc2)c1. The van der Waals surface area contributed by atoms with Gasteiger partial charge >= 0.3 is 0 Å². The van der Waals surface area contributed by atoms with Crippen molar-refractivity contribution >= 4 is 21.8 Å². The van der Waals surface area contributed by atoms with Crippen molar-refractivity contribution in [2.75, 3.05) is 19.6 Å². The first-order valence-corrected chi connectivity index (χ1v) is 10.3. The number of nitrogens with zero attached hydrogens (tertiary/aromatic N) is 4. The van der Waals surface area contributed by atoms with Gasteiger partial charge in [0.1, 0.15) is 0 Å². The molecule has 0 aliphatic carbocycles. The molecule has 1 atom stereocenters. The molecule has 1 aromatic heterocycles. The Morgan fingerprint density at radius 2 is 1.86 bits per heavy atom. The fourth-order valence-corrected chi connectivity index (χ4v) is 3.92.